The van der Waals surface area contributed by atoms with Crippen LogP contribution in [0.1, 0.15) is 31.0 Å². The van der Waals surface area contributed by atoms with Gasteiger partial charge in [-0.1, -0.05) is 18.2 Å². The Kier molecular flexibility index (Phi) is 7.56. The Morgan fingerprint density at radius 1 is 1.18 bits per heavy atom. The van der Waals surface area contributed by atoms with Crippen molar-refractivity contribution in [2.45, 2.75) is 19.9 Å². The molecule has 2 N–H and O–H groups in total. The van der Waals surface area contributed by atoms with Crippen molar-refractivity contribution in [3.8, 4) is 5.75 Å². The predicted molar refractivity (Wildman–Crippen MR) is 106 cm³/mol. The molecule has 1 unspecified atom stereocenters. The first-order chi connectivity index (χ1) is 13.4. The number of methoxy groups -OCH3 is 1. The van der Waals surface area contributed by atoms with E-state index >= 15 is 0 Å². The second kappa shape index (κ2) is 10.1. The SMILES string of the molecule is CCOC(=O)C=Cc1ccc(NC(=O)NC(C)c2ccc(OC)c(F)c2)cc1. The van der Waals surface area contributed by atoms with Gasteiger partial charge in [-0.2, -0.15) is 0 Å². The van der Waals surface area contributed by atoms with Gasteiger partial charge in [-0.25, -0.2) is 14.0 Å². The number of amides is 2. The van der Waals surface area contributed by atoms with Gasteiger partial charge in [-0.05, 0) is 55.3 Å². The summed E-state index contributed by atoms with van der Waals surface area (Å²) in [6, 6.07) is 10.7. The lowest BCUT2D eigenvalue weighted by atomic mass is 10.1. The normalized spacial score (nSPS) is 11.7. The molecular formula is C21H23FN2O4. The van der Waals surface area contributed by atoms with Crippen LogP contribution in [0, 0.1) is 5.82 Å². The summed E-state index contributed by atoms with van der Waals surface area (Å²) in [4.78, 5) is 23.5. The summed E-state index contributed by atoms with van der Waals surface area (Å²) in [5.74, 6) is -0.744. The van der Waals surface area contributed by atoms with Crippen LogP contribution in [-0.4, -0.2) is 25.7 Å². The van der Waals surface area contributed by atoms with E-state index in [4.69, 9.17) is 9.47 Å². The Hall–Kier alpha value is -3.35. The van der Waals surface area contributed by atoms with Gasteiger partial charge in [-0.3, -0.25) is 0 Å². The number of carbonyl (C=O) groups excluding carboxylic acids is 2. The third-order valence-electron chi connectivity index (χ3n) is 3.89. The number of carbonyl (C=O) groups is 2. The number of urea groups is 1. The molecule has 0 aliphatic heterocycles. The minimum atomic E-state index is -0.486. The minimum Gasteiger partial charge on any atom is -0.494 e. The number of hydrogen-bond acceptors (Lipinski definition) is 4. The Morgan fingerprint density at radius 3 is 2.50 bits per heavy atom. The zero-order valence-electron chi connectivity index (χ0n) is 16.0. The van der Waals surface area contributed by atoms with E-state index in [0.717, 1.165) is 5.56 Å². The maximum atomic E-state index is 13.8. The highest BCUT2D eigenvalue weighted by atomic mass is 19.1. The molecule has 1 atom stereocenters. The zero-order valence-corrected chi connectivity index (χ0v) is 16.0. The third kappa shape index (κ3) is 6.12. The number of esters is 1. The number of anilines is 1. The molecular weight excluding hydrogens is 363 g/mol. The van der Waals surface area contributed by atoms with Crippen molar-refractivity contribution < 1.29 is 23.5 Å². The molecule has 0 saturated heterocycles. The van der Waals surface area contributed by atoms with Crippen molar-refractivity contribution >= 4 is 23.8 Å². The minimum absolute atomic E-state index is 0.150. The van der Waals surface area contributed by atoms with E-state index in [0.29, 0.717) is 17.9 Å². The Bertz CT molecular complexity index is 850. The van der Waals surface area contributed by atoms with Gasteiger partial charge in [0, 0.05) is 11.8 Å². The lowest BCUT2D eigenvalue weighted by Crippen LogP contribution is -2.31. The largest absolute Gasteiger partial charge is 0.494 e. The van der Waals surface area contributed by atoms with E-state index in [9.17, 15) is 14.0 Å². The van der Waals surface area contributed by atoms with Gasteiger partial charge >= 0.3 is 12.0 Å². The summed E-state index contributed by atoms with van der Waals surface area (Å²) in [6.07, 6.45) is 2.97. The second-order valence-electron chi connectivity index (χ2n) is 5.92. The number of rotatable bonds is 7. The summed E-state index contributed by atoms with van der Waals surface area (Å²) in [5, 5.41) is 5.45. The molecule has 2 aromatic rings. The zero-order chi connectivity index (χ0) is 20.5. The fourth-order valence-corrected chi connectivity index (χ4v) is 2.43. The number of ether oxygens (including phenoxy) is 2. The highest BCUT2D eigenvalue weighted by Gasteiger charge is 2.12. The molecule has 0 heterocycles. The first-order valence-electron chi connectivity index (χ1n) is 8.78. The number of nitrogens with one attached hydrogen (secondary N) is 2. The van der Waals surface area contributed by atoms with Crippen molar-refractivity contribution in [2.24, 2.45) is 0 Å². The quantitative estimate of drug-likeness (QED) is 0.550. The number of hydrogen-bond donors (Lipinski definition) is 2. The van der Waals surface area contributed by atoms with Crippen LogP contribution in [-0.2, 0) is 9.53 Å². The molecule has 0 saturated carbocycles. The molecule has 0 bridgehead atoms. The average molecular weight is 386 g/mol. The summed E-state index contributed by atoms with van der Waals surface area (Å²) in [6.45, 7) is 3.82. The van der Waals surface area contributed by atoms with Gasteiger partial charge in [0.1, 0.15) is 0 Å². The van der Waals surface area contributed by atoms with Crippen LogP contribution >= 0.6 is 0 Å². The van der Waals surface area contributed by atoms with E-state index in [-0.39, 0.29) is 5.75 Å². The molecule has 2 rings (SSSR count). The van der Waals surface area contributed by atoms with Gasteiger partial charge in [-0.15, -0.1) is 0 Å². The molecule has 0 spiro atoms. The van der Waals surface area contributed by atoms with Crippen LogP contribution in [0.2, 0.25) is 0 Å². The first-order valence-corrected chi connectivity index (χ1v) is 8.78. The highest BCUT2D eigenvalue weighted by molar-refractivity contribution is 5.90. The predicted octanol–water partition coefficient (Wildman–Crippen LogP) is 4.29. The van der Waals surface area contributed by atoms with Crippen LogP contribution in [0.5, 0.6) is 5.75 Å². The molecule has 0 fully saturated rings. The van der Waals surface area contributed by atoms with Gasteiger partial charge in [0.2, 0.25) is 0 Å². The van der Waals surface area contributed by atoms with E-state index in [2.05, 4.69) is 10.6 Å². The van der Waals surface area contributed by atoms with E-state index in [1.165, 1.54) is 25.3 Å². The van der Waals surface area contributed by atoms with Crippen molar-refractivity contribution in [1.82, 2.24) is 5.32 Å². The Morgan fingerprint density at radius 2 is 1.89 bits per heavy atom. The smallest absolute Gasteiger partial charge is 0.330 e. The average Bonchev–Trinajstić information content (AvgIpc) is 2.67. The monoisotopic (exact) mass is 386 g/mol. The Balaban J connectivity index is 1.92. The van der Waals surface area contributed by atoms with E-state index < -0.39 is 23.9 Å². The molecule has 0 radical (unpaired) electrons. The van der Waals surface area contributed by atoms with E-state index in [1.807, 2.05) is 0 Å². The number of halogens is 1. The standard InChI is InChI=1S/C21H23FN2O4/c1-4-28-20(25)12-7-15-5-9-17(10-6-15)24-21(26)23-14(2)16-8-11-19(27-3)18(22)13-16/h5-14H,4H2,1-3H3,(H2,23,24,26). The molecule has 0 aliphatic carbocycles. The van der Waals surface area contributed by atoms with Crippen LogP contribution < -0.4 is 15.4 Å². The van der Waals surface area contributed by atoms with Crippen LogP contribution in [0.4, 0.5) is 14.9 Å². The second-order valence-corrected chi connectivity index (χ2v) is 5.92. The third-order valence-corrected chi connectivity index (χ3v) is 3.89. The van der Waals surface area contributed by atoms with Crippen molar-refractivity contribution in [1.29, 1.82) is 0 Å². The summed E-state index contributed by atoms with van der Waals surface area (Å²) < 4.78 is 23.5. The number of benzene rings is 2. The molecule has 2 amide bonds. The van der Waals surface area contributed by atoms with Gasteiger partial charge in [0.15, 0.2) is 11.6 Å². The highest BCUT2D eigenvalue weighted by Crippen LogP contribution is 2.21. The first kappa shape index (κ1) is 21.0. The topological polar surface area (TPSA) is 76.7 Å². The van der Waals surface area contributed by atoms with Crippen molar-refractivity contribution in [3.63, 3.8) is 0 Å². The van der Waals surface area contributed by atoms with Gasteiger partial charge < -0.3 is 20.1 Å². The molecule has 7 heteroatoms. The van der Waals surface area contributed by atoms with Crippen LogP contribution in [0.3, 0.4) is 0 Å². The van der Waals surface area contributed by atoms with Gasteiger partial charge in [0.05, 0.1) is 19.8 Å². The summed E-state index contributed by atoms with van der Waals surface area (Å²) >= 11 is 0. The fraction of sp³-hybridized carbons (Fsp3) is 0.238. The van der Waals surface area contributed by atoms with Crippen LogP contribution in [0.15, 0.2) is 48.5 Å². The fourth-order valence-electron chi connectivity index (χ4n) is 2.43. The van der Waals surface area contributed by atoms with E-state index in [1.54, 1.807) is 50.3 Å². The molecule has 148 valence electrons. The molecule has 0 aliphatic rings. The lowest BCUT2D eigenvalue weighted by molar-refractivity contribution is -0.137. The lowest BCUT2D eigenvalue weighted by Gasteiger charge is -2.16. The maximum absolute atomic E-state index is 13.8. The summed E-state index contributed by atoms with van der Waals surface area (Å²) in [5.41, 5.74) is 1.99. The van der Waals surface area contributed by atoms with Crippen LogP contribution in [0.25, 0.3) is 6.08 Å². The maximum Gasteiger partial charge on any atom is 0.330 e. The molecule has 6 nitrogen and oxygen atoms in total. The molecule has 2 aromatic carbocycles. The summed E-state index contributed by atoms with van der Waals surface area (Å²) in [7, 11) is 1.39. The van der Waals surface area contributed by atoms with Crippen molar-refractivity contribution in [3.05, 3.63) is 65.5 Å². The van der Waals surface area contributed by atoms with Gasteiger partial charge in [0.25, 0.3) is 0 Å². The molecule has 28 heavy (non-hydrogen) atoms. The van der Waals surface area contributed by atoms with Crippen molar-refractivity contribution in [2.75, 3.05) is 19.0 Å². The Labute approximate surface area is 163 Å². The molecule has 0 aromatic heterocycles.